The van der Waals surface area contributed by atoms with Crippen LogP contribution in [0.15, 0.2) is 46.5 Å². The first kappa shape index (κ1) is 15.7. The Morgan fingerprint density at radius 1 is 1.13 bits per heavy atom. The van der Waals surface area contributed by atoms with Crippen molar-refractivity contribution in [2.24, 2.45) is 9.98 Å². The zero-order chi connectivity index (χ0) is 16.2. The fourth-order valence-corrected chi connectivity index (χ4v) is 3.09. The van der Waals surface area contributed by atoms with Crippen molar-refractivity contribution in [2.75, 3.05) is 13.7 Å². The molecule has 0 spiro atoms. The van der Waals surface area contributed by atoms with Crippen molar-refractivity contribution in [2.45, 2.75) is 19.6 Å². The number of aromatic nitrogens is 1. The van der Waals surface area contributed by atoms with Crippen LogP contribution in [-0.4, -0.2) is 29.5 Å². The normalized spacial score (nSPS) is 13.7. The smallest absolute Gasteiger partial charge is 0.184 e. The van der Waals surface area contributed by atoms with Crippen LogP contribution in [0.5, 0.6) is 5.75 Å². The molecule has 1 aromatic carbocycles. The van der Waals surface area contributed by atoms with Gasteiger partial charge in [0.2, 0.25) is 0 Å². The van der Waals surface area contributed by atoms with Gasteiger partial charge in [0.25, 0.3) is 0 Å². The number of ether oxygens (including phenoxy) is 1. The first-order valence-electron chi connectivity index (χ1n) is 7.47. The largest absolute Gasteiger partial charge is 0.496 e. The third kappa shape index (κ3) is 3.79. The summed E-state index contributed by atoms with van der Waals surface area (Å²) in [6.07, 6.45) is 1.89. The fourth-order valence-electron chi connectivity index (χ4n) is 2.31. The second kappa shape index (κ2) is 6.96. The number of aliphatic imine (C=N–C) groups is 2. The zero-order valence-corrected chi connectivity index (χ0v) is 14.4. The molecule has 23 heavy (non-hydrogen) atoms. The molecule has 0 bridgehead atoms. The van der Waals surface area contributed by atoms with Crippen LogP contribution in [0.2, 0.25) is 0 Å². The van der Waals surface area contributed by atoms with Gasteiger partial charge < -0.3 is 4.74 Å². The van der Waals surface area contributed by atoms with Crippen molar-refractivity contribution in [1.82, 2.24) is 4.98 Å². The maximum Gasteiger partial charge on any atom is 0.184 e. The van der Waals surface area contributed by atoms with E-state index in [1.54, 1.807) is 18.9 Å². The second-order valence-corrected chi connectivity index (χ2v) is 6.42. The Morgan fingerprint density at radius 3 is 2.70 bits per heavy atom. The Labute approximate surface area is 140 Å². The fraction of sp³-hybridized carbons (Fsp3) is 0.278. The van der Waals surface area contributed by atoms with Crippen molar-refractivity contribution >= 4 is 22.6 Å². The number of aryl methyl sites for hydroxylation is 2. The molecular weight excluding hydrogens is 306 g/mol. The Kier molecular flexibility index (Phi) is 4.76. The van der Waals surface area contributed by atoms with Crippen LogP contribution in [0.3, 0.4) is 0 Å². The summed E-state index contributed by atoms with van der Waals surface area (Å²) in [5, 5.41) is 0.810. The minimum absolute atomic E-state index is 0.600. The van der Waals surface area contributed by atoms with Gasteiger partial charge in [0.1, 0.15) is 5.75 Å². The summed E-state index contributed by atoms with van der Waals surface area (Å²) in [5.41, 5.74) is 5.36. The Morgan fingerprint density at radius 2 is 1.96 bits per heavy atom. The molecule has 1 aliphatic heterocycles. The number of pyridine rings is 1. The van der Waals surface area contributed by atoms with Gasteiger partial charge in [-0.05, 0) is 43.2 Å². The molecule has 0 unspecified atom stereocenters. The highest BCUT2D eigenvalue weighted by molar-refractivity contribution is 8.13. The molecule has 0 amide bonds. The van der Waals surface area contributed by atoms with Gasteiger partial charge in [0, 0.05) is 17.5 Å². The standard InChI is InChI=1S/C18H19N3OS/c1-12-5-7-15(17(8-12)22-3)16-10-20-18(21-16)23-11-14-6-4-13(2)9-19-14/h4-9H,10-11H2,1-3H3. The number of nitrogens with zero attached hydrogens (tertiary/aromatic N) is 3. The van der Waals surface area contributed by atoms with Crippen molar-refractivity contribution in [3.63, 3.8) is 0 Å². The van der Waals surface area contributed by atoms with Crippen molar-refractivity contribution in [1.29, 1.82) is 0 Å². The third-order valence-electron chi connectivity index (χ3n) is 3.58. The number of amidine groups is 1. The third-order valence-corrected chi connectivity index (χ3v) is 4.50. The summed E-state index contributed by atoms with van der Waals surface area (Å²) in [4.78, 5) is 13.6. The van der Waals surface area contributed by atoms with E-state index in [9.17, 15) is 0 Å². The van der Waals surface area contributed by atoms with Gasteiger partial charge in [-0.25, -0.2) is 4.99 Å². The minimum Gasteiger partial charge on any atom is -0.496 e. The molecule has 0 saturated heterocycles. The second-order valence-electron chi connectivity index (χ2n) is 5.48. The molecule has 5 heteroatoms. The molecule has 0 atom stereocenters. The van der Waals surface area contributed by atoms with Gasteiger partial charge in [0.15, 0.2) is 5.17 Å². The molecular formula is C18H19N3OS. The highest BCUT2D eigenvalue weighted by Crippen LogP contribution is 2.24. The van der Waals surface area contributed by atoms with Crippen LogP contribution in [-0.2, 0) is 5.75 Å². The van der Waals surface area contributed by atoms with Crippen molar-refractivity contribution < 1.29 is 4.74 Å². The zero-order valence-electron chi connectivity index (χ0n) is 13.5. The van der Waals surface area contributed by atoms with E-state index >= 15 is 0 Å². The molecule has 0 N–H and O–H groups in total. The van der Waals surface area contributed by atoms with Gasteiger partial charge in [-0.1, -0.05) is 23.9 Å². The number of methoxy groups -OCH3 is 1. The summed E-state index contributed by atoms with van der Waals surface area (Å²) in [7, 11) is 1.69. The minimum atomic E-state index is 0.600. The van der Waals surface area contributed by atoms with E-state index in [1.807, 2.05) is 25.3 Å². The first-order valence-corrected chi connectivity index (χ1v) is 8.45. The lowest BCUT2D eigenvalue weighted by Crippen LogP contribution is -2.04. The van der Waals surface area contributed by atoms with Crippen LogP contribution >= 0.6 is 11.8 Å². The van der Waals surface area contributed by atoms with Gasteiger partial charge in [-0.2, -0.15) is 0 Å². The predicted octanol–water partition coefficient (Wildman–Crippen LogP) is 3.80. The number of thioether (sulfide) groups is 1. The van der Waals surface area contributed by atoms with Crippen LogP contribution in [0.25, 0.3) is 0 Å². The lowest BCUT2D eigenvalue weighted by atomic mass is 10.1. The lowest BCUT2D eigenvalue weighted by molar-refractivity contribution is 0.413. The summed E-state index contributed by atoms with van der Waals surface area (Å²) in [6, 6.07) is 10.3. The topological polar surface area (TPSA) is 46.8 Å². The van der Waals surface area contributed by atoms with Crippen LogP contribution < -0.4 is 4.74 Å². The van der Waals surface area contributed by atoms with E-state index in [-0.39, 0.29) is 0 Å². The molecule has 0 aliphatic carbocycles. The molecule has 0 saturated carbocycles. The quantitative estimate of drug-likeness (QED) is 0.859. The monoisotopic (exact) mass is 325 g/mol. The first-order chi connectivity index (χ1) is 11.2. The van der Waals surface area contributed by atoms with Crippen LogP contribution in [0, 0.1) is 13.8 Å². The molecule has 118 valence electrons. The van der Waals surface area contributed by atoms with Gasteiger partial charge in [0.05, 0.1) is 25.1 Å². The summed E-state index contributed by atoms with van der Waals surface area (Å²) >= 11 is 1.62. The highest BCUT2D eigenvalue weighted by Gasteiger charge is 2.16. The lowest BCUT2D eigenvalue weighted by Gasteiger charge is -2.08. The van der Waals surface area contributed by atoms with Gasteiger partial charge in [-0.15, -0.1) is 0 Å². The molecule has 0 fully saturated rings. The van der Waals surface area contributed by atoms with Crippen molar-refractivity contribution in [3.8, 4) is 5.75 Å². The molecule has 1 aromatic heterocycles. The van der Waals surface area contributed by atoms with Crippen molar-refractivity contribution in [3.05, 3.63) is 58.9 Å². The van der Waals surface area contributed by atoms with E-state index in [2.05, 4.69) is 40.1 Å². The average molecular weight is 325 g/mol. The van der Waals surface area contributed by atoms with E-state index in [0.717, 1.165) is 33.6 Å². The Bertz CT molecular complexity index is 766. The van der Waals surface area contributed by atoms with Crippen LogP contribution in [0.1, 0.15) is 22.4 Å². The molecule has 0 radical (unpaired) electrons. The van der Waals surface area contributed by atoms with E-state index in [1.165, 1.54) is 11.1 Å². The Hall–Kier alpha value is -2.14. The maximum absolute atomic E-state index is 5.47. The number of hydrogen-bond donors (Lipinski definition) is 0. The maximum atomic E-state index is 5.47. The molecule has 3 rings (SSSR count). The van der Waals surface area contributed by atoms with E-state index < -0.39 is 0 Å². The number of hydrogen-bond acceptors (Lipinski definition) is 5. The molecule has 2 heterocycles. The summed E-state index contributed by atoms with van der Waals surface area (Å²) in [5.74, 6) is 1.63. The van der Waals surface area contributed by atoms with Gasteiger partial charge in [-0.3, -0.25) is 9.98 Å². The highest BCUT2D eigenvalue weighted by atomic mass is 32.2. The average Bonchev–Trinajstić information content (AvgIpc) is 3.03. The SMILES string of the molecule is COc1cc(C)ccc1C1=NC(SCc2ccc(C)cn2)=NC1. The predicted molar refractivity (Wildman–Crippen MR) is 96.8 cm³/mol. The molecule has 2 aromatic rings. The molecule has 4 nitrogen and oxygen atoms in total. The summed E-state index contributed by atoms with van der Waals surface area (Å²) in [6.45, 7) is 4.69. The number of rotatable bonds is 4. The Balaban J connectivity index is 1.69. The molecule has 1 aliphatic rings. The van der Waals surface area contributed by atoms with Crippen LogP contribution in [0.4, 0.5) is 0 Å². The van der Waals surface area contributed by atoms with Gasteiger partial charge >= 0.3 is 0 Å². The van der Waals surface area contributed by atoms with E-state index in [0.29, 0.717) is 6.54 Å². The van der Waals surface area contributed by atoms with E-state index in [4.69, 9.17) is 4.74 Å². The number of benzene rings is 1. The summed E-state index contributed by atoms with van der Waals surface area (Å²) < 4.78 is 5.47.